The van der Waals surface area contributed by atoms with Crippen LogP contribution in [0.25, 0.3) is 11.0 Å². The Morgan fingerprint density at radius 3 is 2.65 bits per heavy atom. The van der Waals surface area contributed by atoms with E-state index in [0.717, 1.165) is 47.4 Å². The van der Waals surface area contributed by atoms with Gasteiger partial charge in [0.25, 0.3) is 0 Å². The Bertz CT molecular complexity index is 936. The van der Waals surface area contributed by atoms with Crippen LogP contribution in [0.1, 0.15) is 12.8 Å². The molecule has 0 saturated carbocycles. The van der Waals surface area contributed by atoms with Gasteiger partial charge < -0.3 is 4.90 Å². The number of piperidine rings is 1. The molecule has 9 nitrogen and oxygen atoms in total. The molecular formula is C16H17BrN8O. The summed E-state index contributed by atoms with van der Waals surface area (Å²) in [5.74, 6) is 1.09. The Labute approximate surface area is 158 Å². The van der Waals surface area contributed by atoms with Crippen LogP contribution in [0.2, 0.25) is 0 Å². The zero-order valence-corrected chi connectivity index (χ0v) is 15.7. The fourth-order valence-electron chi connectivity index (χ4n) is 3.20. The molecule has 26 heavy (non-hydrogen) atoms. The molecule has 134 valence electrons. The summed E-state index contributed by atoms with van der Waals surface area (Å²) in [6.45, 7) is 1.47. The molecule has 1 N–H and O–H groups in total. The second-order valence-electron chi connectivity index (χ2n) is 6.13. The second-order valence-corrected chi connectivity index (χ2v) is 6.88. The van der Waals surface area contributed by atoms with Crippen molar-refractivity contribution in [2.24, 2.45) is 13.0 Å². The summed E-state index contributed by atoms with van der Waals surface area (Å²) in [6, 6.07) is 1.72. The summed E-state index contributed by atoms with van der Waals surface area (Å²) < 4.78 is 2.46. The van der Waals surface area contributed by atoms with Gasteiger partial charge in [0.2, 0.25) is 11.9 Å². The molecule has 4 rings (SSSR count). The van der Waals surface area contributed by atoms with Gasteiger partial charge in [0.1, 0.15) is 16.7 Å². The molecule has 3 aromatic heterocycles. The van der Waals surface area contributed by atoms with E-state index in [4.69, 9.17) is 0 Å². The molecule has 1 aliphatic heterocycles. The number of nitrogens with zero attached hydrogens (tertiary/aromatic N) is 7. The number of carbonyl (C=O) groups excluding carboxylic acids is 1. The van der Waals surface area contributed by atoms with Gasteiger partial charge in [-0.15, -0.1) is 0 Å². The molecule has 1 amide bonds. The first-order valence-electron chi connectivity index (χ1n) is 8.29. The van der Waals surface area contributed by atoms with Gasteiger partial charge in [0.05, 0.1) is 5.39 Å². The molecule has 0 radical (unpaired) electrons. The molecule has 0 atom stereocenters. The van der Waals surface area contributed by atoms with Gasteiger partial charge in [-0.3, -0.25) is 10.1 Å². The maximum absolute atomic E-state index is 12.4. The van der Waals surface area contributed by atoms with Crippen molar-refractivity contribution in [2.75, 3.05) is 23.3 Å². The van der Waals surface area contributed by atoms with E-state index >= 15 is 0 Å². The summed E-state index contributed by atoms with van der Waals surface area (Å²) in [5.41, 5.74) is 0.781. The molecule has 0 aliphatic carbocycles. The number of amides is 1. The number of anilines is 2. The Morgan fingerprint density at radius 1 is 1.19 bits per heavy atom. The zero-order valence-electron chi connectivity index (χ0n) is 14.1. The maximum Gasteiger partial charge on any atom is 0.229 e. The number of aromatic nitrogens is 6. The predicted octanol–water partition coefficient (Wildman–Crippen LogP) is 1.77. The van der Waals surface area contributed by atoms with Crippen molar-refractivity contribution in [3.63, 3.8) is 0 Å². The quantitative estimate of drug-likeness (QED) is 0.693. The lowest BCUT2D eigenvalue weighted by Gasteiger charge is -2.32. The molecule has 0 bridgehead atoms. The molecule has 1 aliphatic rings. The van der Waals surface area contributed by atoms with Crippen molar-refractivity contribution in [2.45, 2.75) is 12.8 Å². The van der Waals surface area contributed by atoms with Gasteiger partial charge >= 0.3 is 0 Å². The first kappa shape index (κ1) is 16.8. The van der Waals surface area contributed by atoms with Crippen molar-refractivity contribution in [1.29, 1.82) is 0 Å². The van der Waals surface area contributed by atoms with Crippen molar-refractivity contribution in [3.8, 4) is 0 Å². The van der Waals surface area contributed by atoms with Gasteiger partial charge in [-0.05, 0) is 34.8 Å². The molecule has 1 saturated heterocycles. The Kier molecular flexibility index (Phi) is 4.49. The minimum absolute atomic E-state index is 0.0359. The average Bonchev–Trinajstić information content (AvgIpc) is 2.97. The van der Waals surface area contributed by atoms with E-state index in [1.54, 1.807) is 29.5 Å². The summed E-state index contributed by atoms with van der Waals surface area (Å²) in [7, 11) is 1.85. The van der Waals surface area contributed by atoms with Crippen LogP contribution in [0.5, 0.6) is 0 Å². The van der Waals surface area contributed by atoms with Gasteiger partial charge in [0.15, 0.2) is 5.65 Å². The van der Waals surface area contributed by atoms with Crippen LogP contribution in [-0.4, -0.2) is 48.7 Å². The number of rotatable bonds is 3. The number of carbonyl (C=O) groups is 1. The van der Waals surface area contributed by atoms with E-state index in [0.29, 0.717) is 5.95 Å². The van der Waals surface area contributed by atoms with Gasteiger partial charge in [-0.25, -0.2) is 24.6 Å². The summed E-state index contributed by atoms with van der Waals surface area (Å²) in [5, 5.41) is 8.04. The lowest BCUT2D eigenvalue weighted by atomic mass is 9.96. The van der Waals surface area contributed by atoms with E-state index in [2.05, 4.69) is 51.2 Å². The number of hydrogen-bond donors (Lipinski definition) is 1. The monoisotopic (exact) mass is 416 g/mol. The van der Waals surface area contributed by atoms with Crippen LogP contribution in [0.3, 0.4) is 0 Å². The smallest absolute Gasteiger partial charge is 0.229 e. The first-order chi connectivity index (χ1) is 12.6. The number of hydrogen-bond acceptors (Lipinski definition) is 7. The van der Waals surface area contributed by atoms with Gasteiger partial charge in [0, 0.05) is 38.4 Å². The fraction of sp³-hybridized carbons (Fsp3) is 0.375. The summed E-state index contributed by atoms with van der Waals surface area (Å²) >= 11 is 3.49. The topological polar surface area (TPSA) is 102 Å². The molecule has 0 spiro atoms. The van der Waals surface area contributed by atoms with E-state index in [1.165, 1.54) is 0 Å². The maximum atomic E-state index is 12.4. The molecule has 3 aromatic rings. The van der Waals surface area contributed by atoms with Crippen molar-refractivity contribution >= 4 is 44.6 Å². The van der Waals surface area contributed by atoms with E-state index in [-0.39, 0.29) is 11.8 Å². The summed E-state index contributed by atoms with van der Waals surface area (Å²) in [6.07, 6.45) is 6.25. The highest BCUT2D eigenvalue weighted by atomic mass is 79.9. The predicted molar refractivity (Wildman–Crippen MR) is 99.6 cm³/mol. The number of aryl methyl sites for hydroxylation is 1. The largest absolute Gasteiger partial charge is 0.356 e. The van der Waals surface area contributed by atoms with Crippen LogP contribution < -0.4 is 10.2 Å². The third kappa shape index (κ3) is 3.12. The SMILES string of the molecule is Cn1nc(Br)c2c(N3CCC(C(=O)Nc4ncccn4)CC3)ncnc21. The molecule has 1 fully saturated rings. The molecule has 0 unspecified atom stereocenters. The third-order valence-corrected chi connectivity index (χ3v) is 5.08. The highest BCUT2D eigenvalue weighted by Gasteiger charge is 2.28. The first-order valence-corrected chi connectivity index (χ1v) is 9.09. The van der Waals surface area contributed by atoms with Crippen LogP contribution in [0.15, 0.2) is 29.4 Å². The van der Waals surface area contributed by atoms with Crippen LogP contribution >= 0.6 is 15.9 Å². The summed E-state index contributed by atoms with van der Waals surface area (Å²) in [4.78, 5) is 31.4. The highest BCUT2D eigenvalue weighted by molar-refractivity contribution is 9.10. The molecule has 10 heteroatoms. The normalized spacial score (nSPS) is 15.4. The Morgan fingerprint density at radius 2 is 1.92 bits per heavy atom. The van der Waals surface area contributed by atoms with E-state index in [9.17, 15) is 4.79 Å². The third-order valence-electron chi connectivity index (χ3n) is 4.52. The van der Waals surface area contributed by atoms with Crippen molar-refractivity contribution in [1.82, 2.24) is 29.7 Å². The molecule has 0 aromatic carbocycles. The van der Waals surface area contributed by atoms with E-state index < -0.39 is 0 Å². The van der Waals surface area contributed by atoms with Crippen LogP contribution in [-0.2, 0) is 11.8 Å². The number of fused-ring (bicyclic) bond motifs is 1. The number of nitrogens with one attached hydrogen (secondary N) is 1. The molecule has 4 heterocycles. The zero-order chi connectivity index (χ0) is 18.1. The fourth-order valence-corrected chi connectivity index (χ4v) is 3.79. The average molecular weight is 417 g/mol. The number of halogens is 1. The minimum atomic E-state index is -0.0651. The van der Waals surface area contributed by atoms with Crippen molar-refractivity contribution < 1.29 is 4.79 Å². The second kappa shape index (κ2) is 6.94. The Balaban J connectivity index is 1.46. The lowest BCUT2D eigenvalue weighted by molar-refractivity contribution is -0.120. The minimum Gasteiger partial charge on any atom is -0.356 e. The standard InChI is InChI=1S/C16H17BrN8O/c1-24-13-11(12(17)23-24)14(21-9-20-13)25-7-3-10(4-8-25)15(26)22-16-18-5-2-6-19-16/h2,5-6,9-10H,3-4,7-8H2,1H3,(H,18,19,22,26). The lowest BCUT2D eigenvalue weighted by Crippen LogP contribution is -2.38. The van der Waals surface area contributed by atoms with Gasteiger partial charge in [-0.2, -0.15) is 5.10 Å². The van der Waals surface area contributed by atoms with Crippen LogP contribution in [0, 0.1) is 5.92 Å². The highest BCUT2D eigenvalue weighted by Crippen LogP contribution is 2.32. The van der Waals surface area contributed by atoms with Crippen molar-refractivity contribution in [3.05, 3.63) is 29.4 Å². The molecular weight excluding hydrogens is 400 g/mol. The van der Waals surface area contributed by atoms with Gasteiger partial charge in [-0.1, -0.05) is 0 Å². The Hall–Kier alpha value is -2.62. The van der Waals surface area contributed by atoms with E-state index in [1.807, 2.05) is 7.05 Å². The van der Waals surface area contributed by atoms with Crippen LogP contribution in [0.4, 0.5) is 11.8 Å².